The van der Waals surface area contributed by atoms with Gasteiger partial charge in [-0.05, 0) is 32.2 Å². The van der Waals surface area contributed by atoms with E-state index < -0.39 is 0 Å². The lowest BCUT2D eigenvalue weighted by molar-refractivity contribution is 0.0542. The molecule has 1 heterocycles. The van der Waals surface area contributed by atoms with Gasteiger partial charge in [-0.25, -0.2) is 0 Å². The van der Waals surface area contributed by atoms with E-state index in [0.717, 1.165) is 26.0 Å². The van der Waals surface area contributed by atoms with Crippen molar-refractivity contribution in [2.24, 2.45) is 0 Å². The number of nitrogens with zero attached hydrogens (tertiary/aromatic N) is 1. The van der Waals surface area contributed by atoms with Crippen LogP contribution in [0, 0.1) is 0 Å². The minimum Gasteiger partial charge on any atom is -0.396 e. The van der Waals surface area contributed by atoms with Crippen molar-refractivity contribution in [3.8, 4) is 0 Å². The molecule has 4 nitrogen and oxygen atoms in total. The van der Waals surface area contributed by atoms with E-state index in [-0.39, 0.29) is 0 Å². The first-order valence-corrected chi connectivity index (χ1v) is 6.30. The van der Waals surface area contributed by atoms with Crippen LogP contribution in [0.15, 0.2) is 0 Å². The summed E-state index contributed by atoms with van der Waals surface area (Å²) in [7, 11) is 1.69. The molecule has 0 radical (unpaired) electrons. The highest BCUT2D eigenvalue weighted by molar-refractivity contribution is 4.78. The Morgan fingerprint density at radius 2 is 2.19 bits per heavy atom. The van der Waals surface area contributed by atoms with Crippen molar-refractivity contribution in [3.05, 3.63) is 0 Å². The van der Waals surface area contributed by atoms with Gasteiger partial charge in [-0.3, -0.25) is 4.90 Å². The van der Waals surface area contributed by atoms with Crippen LogP contribution in [0.2, 0.25) is 0 Å². The average molecular weight is 231 g/mol. The summed E-state index contributed by atoms with van der Waals surface area (Å²) in [5.41, 5.74) is 0. The molecule has 0 bridgehead atoms. The van der Waals surface area contributed by atoms with E-state index in [2.05, 4.69) is 4.90 Å². The van der Waals surface area contributed by atoms with Crippen molar-refractivity contribution in [2.75, 3.05) is 46.6 Å². The van der Waals surface area contributed by atoms with Crippen LogP contribution in [0.4, 0.5) is 0 Å². The maximum absolute atomic E-state index is 8.83. The van der Waals surface area contributed by atoms with E-state index in [0.29, 0.717) is 25.9 Å². The molecule has 1 N–H and O–H groups in total. The van der Waals surface area contributed by atoms with Gasteiger partial charge in [0.25, 0.3) is 0 Å². The first-order chi connectivity index (χ1) is 7.88. The second-order valence-corrected chi connectivity index (χ2v) is 4.30. The van der Waals surface area contributed by atoms with E-state index >= 15 is 0 Å². The zero-order valence-corrected chi connectivity index (χ0v) is 10.4. The molecule has 0 aliphatic carbocycles. The van der Waals surface area contributed by atoms with E-state index in [1.165, 1.54) is 19.4 Å². The van der Waals surface area contributed by atoms with Crippen molar-refractivity contribution in [2.45, 2.75) is 31.7 Å². The van der Waals surface area contributed by atoms with Gasteiger partial charge >= 0.3 is 0 Å². The Morgan fingerprint density at radius 3 is 2.94 bits per heavy atom. The number of methoxy groups -OCH3 is 1. The van der Waals surface area contributed by atoms with Crippen molar-refractivity contribution >= 4 is 0 Å². The quantitative estimate of drug-likeness (QED) is 0.598. The molecule has 1 fully saturated rings. The normalized spacial score (nSPS) is 21.8. The molecule has 0 aromatic carbocycles. The standard InChI is InChI=1S/C12H25NO3/c1-15-10-11-16-9-7-13-6-2-4-12(13)5-3-8-14/h12,14H,2-11H2,1H3. The van der Waals surface area contributed by atoms with Gasteiger partial charge in [-0.2, -0.15) is 0 Å². The lowest BCUT2D eigenvalue weighted by Gasteiger charge is -2.24. The smallest absolute Gasteiger partial charge is 0.0700 e. The second kappa shape index (κ2) is 8.93. The first kappa shape index (κ1) is 13.9. The molecule has 1 atom stereocenters. The third kappa shape index (κ3) is 5.25. The summed E-state index contributed by atoms with van der Waals surface area (Å²) in [5, 5.41) is 8.83. The van der Waals surface area contributed by atoms with Crippen molar-refractivity contribution < 1.29 is 14.6 Å². The summed E-state index contributed by atoms with van der Waals surface area (Å²) in [4.78, 5) is 2.49. The number of aliphatic hydroxyl groups is 1. The molecule has 0 amide bonds. The van der Waals surface area contributed by atoms with Gasteiger partial charge in [0.15, 0.2) is 0 Å². The van der Waals surface area contributed by atoms with Gasteiger partial charge in [0.1, 0.15) is 0 Å². The fraction of sp³-hybridized carbons (Fsp3) is 1.00. The molecule has 96 valence electrons. The Balaban J connectivity index is 2.05. The van der Waals surface area contributed by atoms with Crippen LogP contribution < -0.4 is 0 Å². The third-order valence-electron chi connectivity index (χ3n) is 3.15. The summed E-state index contributed by atoms with van der Waals surface area (Å²) in [6.45, 7) is 4.66. The minimum atomic E-state index is 0.314. The van der Waals surface area contributed by atoms with Crippen LogP contribution in [0.1, 0.15) is 25.7 Å². The van der Waals surface area contributed by atoms with Crippen LogP contribution in [-0.4, -0.2) is 62.7 Å². The van der Waals surface area contributed by atoms with E-state index in [9.17, 15) is 0 Å². The second-order valence-electron chi connectivity index (χ2n) is 4.30. The fourth-order valence-corrected chi connectivity index (χ4v) is 2.27. The largest absolute Gasteiger partial charge is 0.396 e. The van der Waals surface area contributed by atoms with Crippen LogP contribution >= 0.6 is 0 Å². The Hall–Kier alpha value is -0.160. The van der Waals surface area contributed by atoms with Crippen LogP contribution in [0.3, 0.4) is 0 Å². The predicted octanol–water partition coefficient (Wildman–Crippen LogP) is 0.886. The number of hydrogen-bond acceptors (Lipinski definition) is 4. The Kier molecular flexibility index (Phi) is 7.76. The monoisotopic (exact) mass is 231 g/mol. The molecule has 1 saturated heterocycles. The average Bonchev–Trinajstić information content (AvgIpc) is 2.74. The number of hydrogen-bond donors (Lipinski definition) is 1. The number of likely N-dealkylation sites (tertiary alicyclic amines) is 1. The van der Waals surface area contributed by atoms with E-state index in [1.54, 1.807) is 7.11 Å². The Bertz CT molecular complexity index is 166. The summed E-state index contributed by atoms with van der Waals surface area (Å²) in [6.07, 6.45) is 4.60. The van der Waals surface area contributed by atoms with Crippen LogP contribution in [-0.2, 0) is 9.47 Å². The molecule has 1 aliphatic heterocycles. The molecule has 16 heavy (non-hydrogen) atoms. The molecular weight excluding hydrogens is 206 g/mol. The number of ether oxygens (including phenoxy) is 2. The molecule has 0 spiro atoms. The molecule has 0 aromatic heterocycles. The van der Waals surface area contributed by atoms with Crippen molar-refractivity contribution in [1.82, 2.24) is 4.90 Å². The molecule has 4 heteroatoms. The van der Waals surface area contributed by atoms with Gasteiger partial charge in [-0.15, -0.1) is 0 Å². The van der Waals surface area contributed by atoms with Crippen LogP contribution in [0.5, 0.6) is 0 Å². The zero-order chi connectivity index (χ0) is 11.6. The predicted molar refractivity (Wildman–Crippen MR) is 63.6 cm³/mol. The maximum atomic E-state index is 8.83. The first-order valence-electron chi connectivity index (χ1n) is 6.30. The highest BCUT2D eigenvalue weighted by Gasteiger charge is 2.23. The highest BCUT2D eigenvalue weighted by Crippen LogP contribution is 2.20. The highest BCUT2D eigenvalue weighted by atomic mass is 16.5. The third-order valence-corrected chi connectivity index (χ3v) is 3.15. The van der Waals surface area contributed by atoms with Gasteiger partial charge in [0.05, 0.1) is 19.8 Å². The summed E-state index contributed by atoms with van der Waals surface area (Å²) in [5.74, 6) is 0. The molecule has 0 aromatic rings. The molecule has 1 unspecified atom stereocenters. The SMILES string of the molecule is COCCOCCN1CCCC1CCCO. The molecule has 0 saturated carbocycles. The summed E-state index contributed by atoms with van der Waals surface area (Å²) in [6, 6.07) is 0.665. The minimum absolute atomic E-state index is 0.314. The van der Waals surface area contributed by atoms with Crippen molar-refractivity contribution in [1.29, 1.82) is 0 Å². The lowest BCUT2D eigenvalue weighted by atomic mass is 10.1. The molecule has 1 rings (SSSR count). The lowest BCUT2D eigenvalue weighted by Crippen LogP contribution is -2.32. The van der Waals surface area contributed by atoms with Crippen LogP contribution in [0.25, 0.3) is 0 Å². The van der Waals surface area contributed by atoms with E-state index in [4.69, 9.17) is 14.6 Å². The van der Waals surface area contributed by atoms with Crippen molar-refractivity contribution in [3.63, 3.8) is 0 Å². The van der Waals surface area contributed by atoms with Gasteiger partial charge in [0.2, 0.25) is 0 Å². The Labute approximate surface area is 98.5 Å². The number of rotatable bonds is 9. The van der Waals surface area contributed by atoms with Gasteiger partial charge < -0.3 is 14.6 Å². The fourth-order valence-electron chi connectivity index (χ4n) is 2.27. The topological polar surface area (TPSA) is 41.9 Å². The zero-order valence-electron chi connectivity index (χ0n) is 10.4. The number of aliphatic hydroxyl groups excluding tert-OH is 1. The summed E-state index contributed by atoms with van der Waals surface area (Å²) >= 11 is 0. The molecule has 1 aliphatic rings. The van der Waals surface area contributed by atoms with Gasteiger partial charge in [0, 0.05) is 26.3 Å². The molecular formula is C12H25NO3. The van der Waals surface area contributed by atoms with Gasteiger partial charge in [-0.1, -0.05) is 0 Å². The maximum Gasteiger partial charge on any atom is 0.0700 e. The summed E-state index contributed by atoms with van der Waals surface area (Å²) < 4.78 is 10.4. The Morgan fingerprint density at radius 1 is 1.31 bits per heavy atom. The van der Waals surface area contributed by atoms with E-state index in [1.807, 2.05) is 0 Å².